The average Bonchev–Trinajstić information content (AvgIpc) is 2.96. The third-order valence-electron chi connectivity index (χ3n) is 3.25. The van der Waals surface area contributed by atoms with Crippen LogP contribution in [-0.4, -0.2) is 45.8 Å². The summed E-state index contributed by atoms with van der Waals surface area (Å²) in [5.74, 6) is 0.735. The van der Waals surface area contributed by atoms with Crippen LogP contribution < -0.4 is 4.74 Å². The Bertz CT molecular complexity index is 598. The van der Waals surface area contributed by atoms with Crippen molar-refractivity contribution in [1.29, 1.82) is 0 Å². The van der Waals surface area contributed by atoms with Crippen LogP contribution in [0.3, 0.4) is 0 Å². The normalized spacial score (nSPS) is 16.8. The Hall–Kier alpha value is -2.37. The van der Waals surface area contributed by atoms with Gasteiger partial charge in [0.25, 0.3) is 5.91 Å². The van der Waals surface area contributed by atoms with Crippen molar-refractivity contribution in [3.05, 3.63) is 42.0 Å². The van der Waals surface area contributed by atoms with E-state index in [9.17, 15) is 4.79 Å². The van der Waals surface area contributed by atoms with Crippen LogP contribution in [0.25, 0.3) is 0 Å². The minimum atomic E-state index is -0.0708. The topological polar surface area (TPSA) is 60.2 Å². The van der Waals surface area contributed by atoms with Gasteiger partial charge in [-0.15, -0.1) is 0 Å². The Labute approximate surface area is 117 Å². The van der Waals surface area contributed by atoms with Gasteiger partial charge in [0.05, 0.1) is 6.54 Å². The molecular formula is C14H16N4O2. The van der Waals surface area contributed by atoms with Gasteiger partial charge in [-0.05, 0) is 18.2 Å². The van der Waals surface area contributed by atoms with Gasteiger partial charge in [0.2, 0.25) is 0 Å². The van der Waals surface area contributed by atoms with E-state index >= 15 is 0 Å². The maximum Gasteiger partial charge on any atom is 0.273 e. The summed E-state index contributed by atoms with van der Waals surface area (Å²) in [6.45, 7) is 0.665. The van der Waals surface area contributed by atoms with E-state index in [0.29, 0.717) is 12.2 Å². The number of hydrogen-bond donors (Lipinski definition) is 0. The van der Waals surface area contributed by atoms with E-state index in [0.717, 1.165) is 17.9 Å². The van der Waals surface area contributed by atoms with E-state index in [4.69, 9.17) is 4.74 Å². The maximum atomic E-state index is 11.8. The van der Waals surface area contributed by atoms with E-state index in [2.05, 4.69) is 10.1 Å². The third kappa shape index (κ3) is 2.36. The highest BCUT2D eigenvalue weighted by Crippen LogP contribution is 2.21. The van der Waals surface area contributed by atoms with Gasteiger partial charge >= 0.3 is 0 Å². The first-order valence-corrected chi connectivity index (χ1v) is 6.48. The molecule has 0 N–H and O–H groups in total. The summed E-state index contributed by atoms with van der Waals surface area (Å²) in [5, 5.41) is 4.34. The Kier molecular flexibility index (Phi) is 3.14. The summed E-state index contributed by atoms with van der Waals surface area (Å²) in [6.07, 6.45) is 4.23. The van der Waals surface area contributed by atoms with Crippen LogP contribution in [0.4, 0.5) is 0 Å². The molecular weight excluding hydrogens is 256 g/mol. The molecule has 0 radical (unpaired) electrons. The smallest absolute Gasteiger partial charge is 0.273 e. The molecule has 1 atom stereocenters. The Morgan fingerprint density at radius 1 is 1.40 bits per heavy atom. The minimum absolute atomic E-state index is 0.0587. The standard InChI is InChI=1S/C14H16N4O2/c1-17(2)14(19)13-8-10-7-12(9-18(10)16-13)20-11-3-5-15-6-4-11/h3-6,8,12H,7,9H2,1-2H3/t12-/m0/s1. The SMILES string of the molecule is CN(C)C(=O)c1cc2n(n1)C[C@@H](Oc1ccncc1)C2. The number of ether oxygens (including phenoxy) is 1. The number of hydrogen-bond acceptors (Lipinski definition) is 4. The van der Waals surface area contributed by atoms with Gasteiger partial charge < -0.3 is 9.64 Å². The number of amides is 1. The molecule has 104 valence electrons. The van der Waals surface area contributed by atoms with Crippen molar-refractivity contribution in [1.82, 2.24) is 19.7 Å². The van der Waals surface area contributed by atoms with Crippen LogP contribution >= 0.6 is 0 Å². The van der Waals surface area contributed by atoms with Crippen molar-refractivity contribution in [3.8, 4) is 5.75 Å². The molecule has 0 bridgehead atoms. The molecule has 2 aromatic rings. The number of nitrogens with zero attached hydrogens (tertiary/aromatic N) is 4. The molecule has 20 heavy (non-hydrogen) atoms. The zero-order chi connectivity index (χ0) is 14.1. The fourth-order valence-electron chi connectivity index (χ4n) is 2.29. The first-order chi connectivity index (χ1) is 9.63. The predicted octanol–water partition coefficient (Wildman–Crippen LogP) is 0.984. The summed E-state index contributed by atoms with van der Waals surface area (Å²) in [5.41, 5.74) is 1.53. The molecule has 0 unspecified atom stereocenters. The van der Waals surface area contributed by atoms with Crippen LogP contribution in [0.15, 0.2) is 30.6 Å². The van der Waals surface area contributed by atoms with Crippen LogP contribution in [0.5, 0.6) is 5.75 Å². The summed E-state index contributed by atoms with van der Waals surface area (Å²) >= 11 is 0. The maximum absolute atomic E-state index is 11.8. The van der Waals surface area contributed by atoms with Crippen molar-refractivity contribution >= 4 is 5.91 Å². The second kappa shape index (κ2) is 4.96. The number of fused-ring (bicyclic) bond motifs is 1. The monoisotopic (exact) mass is 272 g/mol. The summed E-state index contributed by atoms with van der Waals surface area (Å²) in [4.78, 5) is 17.3. The van der Waals surface area contributed by atoms with E-state index in [-0.39, 0.29) is 12.0 Å². The predicted molar refractivity (Wildman–Crippen MR) is 72.6 cm³/mol. The fraction of sp³-hybridized carbons (Fsp3) is 0.357. The lowest BCUT2D eigenvalue weighted by molar-refractivity contribution is 0.0820. The molecule has 1 aliphatic heterocycles. The van der Waals surface area contributed by atoms with Gasteiger partial charge in [0, 0.05) is 38.6 Å². The van der Waals surface area contributed by atoms with Crippen molar-refractivity contribution < 1.29 is 9.53 Å². The summed E-state index contributed by atoms with van der Waals surface area (Å²) in [6, 6.07) is 5.52. The van der Waals surface area contributed by atoms with E-state index in [1.807, 2.05) is 22.9 Å². The summed E-state index contributed by atoms with van der Waals surface area (Å²) in [7, 11) is 3.45. The lowest BCUT2D eigenvalue weighted by Crippen LogP contribution is -2.23. The molecule has 1 amide bonds. The number of aromatic nitrogens is 3. The highest BCUT2D eigenvalue weighted by Gasteiger charge is 2.26. The van der Waals surface area contributed by atoms with E-state index in [1.54, 1.807) is 26.5 Å². The Balaban J connectivity index is 1.68. The van der Waals surface area contributed by atoms with Crippen molar-refractivity contribution in [2.45, 2.75) is 19.1 Å². The molecule has 1 aliphatic rings. The van der Waals surface area contributed by atoms with E-state index in [1.165, 1.54) is 4.90 Å². The molecule has 0 aliphatic carbocycles. The molecule has 0 fully saturated rings. The molecule has 3 rings (SSSR count). The Morgan fingerprint density at radius 2 is 2.15 bits per heavy atom. The Morgan fingerprint density at radius 3 is 2.80 bits per heavy atom. The van der Waals surface area contributed by atoms with Crippen molar-refractivity contribution in [3.63, 3.8) is 0 Å². The van der Waals surface area contributed by atoms with Crippen LogP contribution in [-0.2, 0) is 13.0 Å². The molecule has 6 nitrogen and oxygen atoms in total. The molecule has 0 spiro atoms. The molecule has 3 heterocycles. The molecule has 2 aromatic heterocycles. The summed E-state index contributed by atoms with van der Waals surface area (Å²) < 4.78 is 7.72. The fourth-order valence-corrected chi connectivity index (χ4v) is 2.29. The first kappa shape index (κ1) is 12.7. The van der Waals surface area contributed by atoms with Crippen molar-refractivity contribution in [2.24, 2.45) is 0 Å². The molecule has 0 saturated carbocycles. The highest BCUT2D eigenvalue weighted by molar-refractivity contribution is 5.92. The second-order valence-corrected chi connectivity index (χ2v) is 5.03. The lowest BCUT2D eigenvalue weighted by Gasteiger charge is -2.12. The van der Waals surface area contributed by atoms with Gasteiger partial charge in [0.1, 0.15) is 11.9 Å². The third-order valence-corrected chi connectivity index (χ3v) is 3.25. The molecule has 0 saturated heterocycles. The number of carbonyl (C=O) groups is 1. The number of carbonyl (C=O) groups excluding carboxylic acids is 1. The van der Waals surface area contributed by atoms with Crippen LogP contribution in [0.1, 0.15) is 16.2 Å². The zero-order valence-corrected chi connectivity index (χ0v) is 11.5. The first-order valence-electron chi connectivity index (χ1n) is 6.48. The number of pyridine rings is 1. The van der Waals surface area contributed by atoms with Crippen molar-refractivity contribution in [2.75, 3.05) is 14.1 Å². The van der Waals surface area contributed by atoms with Crippen LogP contribution in [0.2, 0.25) is 0 Å². The second-order valence-electron chi connectivity index (χ2n) is 5.03. The minimum Gasteiger partial charge on any atom is -0.488 e. The average molecular weight is 272 g/mol. The number of rotatable bonds is 3. The highest BCUT2D eigenvalue weighted by atomic mass is 16.5. The van der Waals surface area contributed by atoms with Gasteiger partial charge in [0.15, 0.2) is 5.69 Å². The lowest BCUT2D eigenvalue weighted by atomic mass is 10.2. The van der Waals surface area contributed by atoms with Gasteiger partial charge in [-0.3, -0.25) is 14.5 Å². The van der Waals surface area contributed by atoms with Gasteiger partial charge in [-0.1, -0.05) is 0 Å². The quantitative estimate of drug-likeness (QED) is 0.836. The molecule has 6 heteroatoms. The van der Waals surface area contributed by atoms with Gasteiger partial charge in [-0.25, -0.2) is 0 Å². The molecule has 0 aromatic carbocycles. The van der Waals surface area contributed by atoms with Crippen LogP contribution in [0, 0.1) is 0 Å². The zero-order valence-electron chi connectivity index (χ0n) is 11.5. The largest absolute Gasteiger partial charge is 0.488 e. The van der Waals surface area contributed by atoms with Gasteiger partial charge in [-0.2, -0.15) is 5.10 Å². The van der Waals surface area contributed by atoms with E-state index < -0.39 is 0 Å².